The molecule has 1 aliphatic rings. The summed E-state index contributed by atoms with van der Waals surface area (Å²) in [6.07, 6.45) is 4.05. The number of carbonyl (C=O) groups is 1. The van der Waals surface area contributed by atoms with E-state index in [0.717, 1.165) is 35.6 Å². The maximum absolute atomic E-state index is 13.3. The summed E-state index contributed by atoms with van der Waals surface area (Å²) in [5.41, 5.74) is 1.14. The largest absolute Gasteiger partial charge is 0.352 e. The normalized spacial score (nSPS) is 14.9. The van der Waals surface area contributed by atoms with Crippen molar-refractivity contribution in [2.45, 2.75) is 43.5 Å². The molecule has 0 radical (unpaired) electrons. The van der Waals surface area contributed by atoms with Crippen LogP contribution in [0.4, 0.5) is 5.69 Å². The average molecular weight is 407 g/mol. The summed E-state index contributed by atoms with van der Waals surface area (Å²) in [5, 5.41) is 3.38. The predicted molar refractivity (Wildman–Crippen MR) is 108 cm³/mol. The zero-order chi connectivity index (χ0) is 19.4. The molecule has 0 saturated heterocycles. The minimum absolute atomic E-state index is 0.124. The molecule has 1 fully saturated rings. The van der Waals surface area contributed by atoms with Crippen molar-refractivity contribution in [1.29, 1.82) is 0 Å². The molecule has 1 amide bonds. The van der Waals surface area contributed by atoms with Crippen LogP contribution in [0, 0.1) is 6.92 Å². The lowest BCUT2D eigenvalue weighted by molar-refractivity contribution is -0.120. The molecular weight excluding hydrogens is 384 g/mol. The fraction of sp³-hybridized carbons (Fsp3) is 0.350. The van der Waals surface area contributed by atoms with Crippen molar-refractivity contribution in [1.82, 2.24) is 5.32 Å². The lowest BCUT2D eigenvalue weighted by Crippen LogP contribution is -2.43. The Morgan fingerprint density at radius 3 is 2.48 bits per heavy atom. The Bertz CT molecular complexity index is 910. The van der Waals surface area contributed by atoms with E-state index in [-0.39, 0.29) is 23.4 Å². The van der Waals surface area contributed by atoms with Gasteiger partial charge in [0.25, 0.3) is 10.0 Å². The summed E-state index contributed by atoms with van der Waals surface area (Å²) in [7, 11) is -3.91. The first-order valence-corrected chi connectivity index (χ1v) is 10.8. The number of nitrogens with zero attached hydrogens (tertiary/aromatic N) is 1. The molecule has 3 rings (SSSR count). The van der Waals surface area contributed by atoms with Crippen LogP contribution in [-0.4, -0.2) is 26.9 Å². The molecule has 0 unspecified atom stereocenters. The highest BCUT2D eigenvalue weighted by Crippen LogP contribution is 2.29. The number of benzene rings is 2. The van der Waals surface area contributed by atoms with Gasteiger partial charge in [0.1, 0.15) is 6.54 Å². The van der Waals surface area contributed by atoms with E-state index in [9.17, 15) is 13.2 Å². The number of hydrogen-bond donors (Lipinski definition) is 1. The van der Waals surface area contributed by atoms with Crippen LogP contribution < -0.4 is 9.62 Å². The first kappa shape index (κ1) is 19.7. The lowest BCUT2D eigenvalue weighted by atomic mass is 10.2. The lowest BCUT2D eigenvalue weighted by Gasteiger charge is -2.26. The maximum Gasteiger partial charge on any atom is 0.264 e. The summed E-state index contributed by atoms with van der Waals surface area (Å²) in [4.78, 5) is 12.7. The molecule has 7 heteroatoms. The average Bonchev–Trinajstić information content (AvgIpc) is 3.15. The van der Waals surface area contributed by atoms with Gasteiger partial charge in [0, 0.05) is 11.1 Å². The zero-order valence-electron chi connectivity index (χ0n) is 15.2. The SMILES string of the molecule is Cc1ccc(Cl)cc1N(CC(=O)NC1CCCC1)S(=O)(=O)c1ccccc1. The van der Waals surface area contributed by atoms with Gasteiger partial charge in [0.05, 0.1) is 10.6 Å². The smallest absolute Gasteiger partial charge is 0.264 e. The predicted octanol–water partition coefficient (Wildman–Crippen LogP) is 3.90. The quantitative estimate of drug-likeness (QED) is 0.791. The fourth-order valence-corrected chi connectivity index (χ4v) is 5.01. The zero-order valence-corrected chi connectivity index (χ0v) is 16.8. The number of anilines is 1. The van der Waals surface area contributed by atoms with Crippen LogP contribution >= 0.6 is 11.6 Å². The summed E-state index contributed by atoms with van der Waals surface area (Å²) < 4.78 is 27.7. The van der Waals surface area contributed by atoms with Gasteiger partial charge < -0.3 is 5.32 Å². The van der Waals surface area contributed by atoms with Crippen LogP contribution in [-0.2, 0) is 14.8 Å². The summed E-state index contributed by atoms with van der Waals surface area (Å²) >= 11 is 6.11. The Balaban J connectivity index is 1.96. The molecule has 0 aliphatic heterocycles. The van der Waals surface area contributed by atoms with E-state index < -0.39 is 10.0 Å². The van der Waals surface area contributed by atoms with Crippen molar-refractivity contribution in [3.63, 3.8) is 0 Å². The van der Waals surface area contributed by atoms with E-state index in [1.165, 1.54) is 12.1 Å². The molecule has 1 aliphatic carbocycles. The highest BCUT2D eigenvalue weighted by atomic mass is 35.5. The van der Waals surface area contributed by atoms with E-state index in [4.69, 9.17) is 11.6 Å². The highest BCUT2D eigenvalue weighted by Gasteiger charge is 2.29. The molecule has 0 spiro atoms. The fourth-order valence-electron chi connectivity index (χ4n) is 3.34. The number of nitrogens with one attached hydrogen (secondary N) is 1. The highest BCUT2D eigenvalue weighted by molar-refractivity contribution is 7.92. The van der Waals surface area contributed by atoms with Crippen molar-refractivity contribution in [2.75, 3.05) is 10.8 Å². The molecule has 2 aromatic carbocycles. The molecule has 0 atom stereocenters. The van der Waals surface area contributed by atoms with Crippen molar-refractivity contribution >= 4 is 33.2 Å². The van der Waals surface area contributed by atoms with Crippen molar-refractivity contribution in [2.24, 2.45) is 0 Å². The number of aryl methyl sites for hydroxylation is 1. The number of rotatable bonds is 6. The third-order valence-electron chi connectivity index (χ3n) is 4.78. The maximum atomic E-state index is 13.3. The van der Waals surface area contributed by atoms with E-state index in [1.54, 1.807) is 43.3 Å². The van der Waals surface area contributed by atoms with Gasteiger partial charge in [-0.2, -0.15) is 0 Å². The second-order valence-electron chi connectivity index (χ2n) is 6.80. The molecule has 27 heavy (non-hydrogen) atoms. The van der Waals surface area contributed by atoms with Gasteiger partial charge in [-0.05, 0) is 49.6 Å². The number of amides is 1. The molecule has 5 nitrogen and oxygen atoms in total. The number of halogens is 1. The Hall–Kier alpha value is -2.05. The van der Waals surface area contributed by atoms with Crippen LogP contribution in [0.1, 0.15) is 31.2 Å². The first-order valence-electron chi connectivity index (χ1n) is 9.01. The Labute approximate surface area is 165 Å². The molecule has 1 saturated carbocycles. The molecule has 144 valence electrons. The van der Waals surface area contributed by atoms with Crippen molar-refractivity contribution in [3.05, 3.63) is 59.1 Å². The number of hydrogen-bond acceptors (Lipinski definition) is 3. The second-order valence-corrected chi connectivity index (χ2v) is 9.10. The van der Waals surface area contributed by atoms with Gasteiger partial charge in [-0.15, -0.1) is 0 Å². The topological polar surface area (TPSA) is 66.5 Å². The molecule has 0 heterocycles. The van der Waals surface area contributed by atoms with Crippen LogP contribution in [0.3, 0.4) is 0 Å². The van der Waals surface area contributed by atoms with Gasteiger partial charge in [-0.3, -0.25) is 9.10 Å². The summed E-state index contributed by atoms with van der Waals surface area (Å²) in [6, 6.07) is 13.3. The van der Waals surface area contributed by atoms with Crippen LogP contribution in [0.15, 0.2) is 53.4 Å². The minimum Gasteiger partial charge on any atom is -0.352 e. The standard InChI is InChI=1S/C20H23ClN2O3S/c1-15-11-12-16(21)13-19(15)23(14-20(24)22-17-7-5-6-8-17)27(25,26)18-9-3-2-4-10-18/h2-4,9-13,17H,5-8,14H2,1H3,(H,22,24). The Morgan fingerprint density at radius 2 is 1.81 bits per heavy atom. The number of sulfonamides is 1. The van der Waals surface area contributed by atoms with Crippen LogP contribution in [0.5, 0.6) is 0 Å². The van der Waals surface area contributed by atoms with Gasteiger partial charge in [-0.1, -0.05) is 48.7 Å². The Morgan fingerprint density at radius 1 is 1.15 bits per heavy atom. The monoisotopic (exact) mass is 406 g/mol. The van der Waals surface area contributed by atoms with E-state index >= 15 is 0 Å². The van der Waals surface area contributed by atoms with Crippen LogP contribution in [0.2, 0.25) is 5.02 Å². The Kier molecular flexibility index (Phi) is 6.07. The number of carbonyl (C=O) groups excluding carboxylic acids is 1. The summed E-state index contributed by atoms with van der Waals surface area (Å²) in [6.45, 7) is 1.52. The van der Waals surface area contributed by atoms with E-state index in [2.05, 4.69) is 5.32 Å². The van der Waals surface area contributed by atoms with Crippen molar-refractivity contribution in [3.8, 4) is 0 Å². The third kappa shape index (κ3) is 4.62. The van der Waals surface area contributed by atoms with Crippen LogP contribution in [0.25, 0.3) is 0 Å². The minimum atomic E-state index is -3.91. The second kappa shape index (κ2) is 8.31. The molecule has 2 aromatic rings. The van der Waals surface area contributed by atoms with Crippen molar-refractivity contribution < 1.29 is 13.2 Å². The first-order chi connectivity index (χ1) is 12.9. The molecule has 0 aromatic heterocycles. The molecule has 0 bridgehead atoms. The van der Waals surface area contributed by atoms with Gasteiger partial charge in [0.15, 0.2) is 0 Å². The third-order valence-corrected chi connectivity index (χ3v) is 6.79. The molecule has 1 N–H and O–H groups in total. The van der Waals surface area contributed by atoms with E-state index in [0.29, 0.717) is 10.7 Å². The molecular formula is C20H23ClN2O3S. The summed E-state index contributed by atoms with van der Waals surface area (Å²) in [5.74, 6) is -0.305. The van der Waals surface area contributed by atoms with Gasteiger partial charge in [-0.25, -0.2) is 8.42 Å². The van der Waals surface area contributed by atoms with Gasteiger partial charge in [0.2, 0.25) is 5.91 Å². The van der Waals surface area contributed by atoms with E-state index in [1.807, 2.05) is 0 Å². The van der Waals surface area contributed by atoms with Gasteiger partial charge >= 0.3 is 0 Å².